The highest BCUT2D eigenvalue weighted by Gasteiger charge is 2.26. The number of nitrogens with two attached hydrogens (primary N) is 1. The highest BCUT2D eigenvalue weighted by Crippen LogP contribution is 2.43. The van der Waals surface area contributed by atoms with E-state index in [0.717, 1.165) is 77.0 Å². The number of unbranched alkanes of at least 4 members (excludes halogenated alkanes) is 17. The number of hydrogen-bond acceptors (Lipinski definition) is 8. The van der Waals surface area contributed by atoms with Crippen molar-refractivity contribution >= 4 is 19.8 Å². The highest BCUT2D eigenvalue weighted by atomic mass is 31.2. The number of hydrogen-bond donors (Lipinski definition) is 2. The zero-order chi connectivity index (χ0) is 40.3. The summed E-state index contributed by atoms with van der Waals surface area (Å²) in [4.78, 5) is 34.9. The molecule has 0 aromatic heterocycles. The normalized spacial score (nSPS) is 13.9. The molecule has 10 heteroatoms. The van der Waals surface area contributed by atoms with E-state index in [0.29, 0.717) is 12.8 Å². The van der Waals surface area contributed by atoms with E-state index in [1.807, 2.05) is 0 Å². The molecule has 0 bridgehead atoms. The van der Waals surface area contributed by atoms with Crippen LogP contribution in [-0.4, -0.2) is 49.3 Å². The first-order chi connectivity index (χ1) is 26.8. The van der Waals surface area contributed by atoms with Crippen molar-refractivity contribution in [2.45, 2.75) is 187 Å². The van der Waals surface area contributed by atoms with Gasteiger partial charge in [0.2, 0.25) is 0 Å². The molecule has 2 atom stereocenters. The van der Waals surface area contributed by atoms with Crippen LogP contribution in [0.4, 0.5) is 0 Å². The Morgan fingerprint density at radius 3 is 1.51 bits per heavy atom. The minimum Gasteiger partial charge on any atom is -0.462 e. The number of phosphoric acid groups is 1. The average molecular weight is 794 g/mol. The van der Waals surface area contributed by atoms with Crippen LogP contribution in [0.5, 0.6) is 0 Å². The summed E-state index contributed by atoms with van der Waals surface area (Å²) >= 11 is 0. The van der Waals surface area contributed by atoms with Crippen LogP contribution in [0.1, 0.15) is 181 Å². The van der Waals surface area contributed by atoms with Gasteiger partial charge in [-0.1, -0.05) is 152 Å². The van der Waals surface area contributed by atoms with Gasteiger partial charge in [0.15, 0.2) is 6.10 Å². The summed E-state index contributed by atoms with van der Waals surface area (Å²) < 4.78 is 32.8. The van der Waals surface area contributed by atoms with Gasteiger partial charge < -0.3 is 20.1 Å². The third-order valence-corrected chi connectivity index (χ3v) is 9.87. The number of allylic oxidation sites excluding steroid dienone is 10. The van der Waals surface area contributed by atoms with Gasteiger partial charge in [-0.3, -0.25) is 18.6 Å². The SMILES string of the molecule is CCC=CCC=CCC=CCC=CCCCCCCC(=O)OC[C@H](COP(=O)(O)OCCN)OC(=O)CCCCCCCCCC=CCCCCCCCC. The second-order valence-electron chi connectivity index (χ2n) is 14.2. The van der Waals surface area contributed by atoms with E-state index < -0.39 is 32.5 Å². The van der Waals surface area contributed by atoms with Crippen LogP contribution in [0, 0.1) is 0 Å². The van der Waals surface area contributed by atoms with Crippen molar-refractivity contribution in [2.75, 3.05) is 26.4 Å². The molecule has 0 aliphatic rings. The minimum absolute atomic E-state index is 0.0467. The Balaban J connectivity index is 4.21. The van der Waals surface area contributed by atoms with E-state index in [4.69, 9.17) is 24.3 Å². The van der Waals surface area contributed by atoms with Gasteiger partial charge in [0.25, 0.3) is 0 Å². The van der Waals surface area contributed by atoms with E-state index in [1.54, 1.807) is 0 Å². The number of esters is 2. The number of phosphoric ester groups is 1. The van der Waals surface area contributed by atoms with Crippen molar-refractivity contribution in [3.8, 4) is 0 Å². The number of carbonyl (C=O) groups is 2. The predicted octanol–water partition coefficient (Wildman–Crippen LogP) is 12.5. The van der Waals surface area contributed by atoms with Crippen molar-refractivity contribution in [1.29, 1.82) is 0 Å². The third kappa shape index (κ3) is 41.2. The molecule has 55 heavy (non-hydrogen) atoms. The highest BCUT2D eigenvalue weighted by molar-refractivity contribution is 7.47. The Morgan fingerprint density at radius 1 is 0.564 bits per heavy atom. The second-order valence-corrected chi connectivity index (χ2v) is 15.6. The van der Waals surface area contributed by atoms with Crippen LogP contribution in [0.25, 0.3) is 0 Å². The quantitative estimate of drug-likeness (QED) is 0.0269. The molecule has 0 rings (SSSR count). The maximum atomic E-state index is 12.6. The Hall–Kier alpha value is -2.29. The summed E-state index contributed by atoms with van der Waals surface area (Å²) in [5, 5.41) is 0. The van der Waals surface area contributed by atoms with Gasteiger partial charge in [0.1, 0.15) is 6.61 Å². The summed E-state index contributed by atoms with van der Waals surface area (Å²) in [7, 11) is -4.39. The van der Waals surface area contributed by atoms with Gasteiger partial charge in [-0.25, -0.2) is 4.57 Å². The fraction of sp³-hybridized carbons (Fsp3) is 0.733. The predicted molar refractivity (Wildman–Crippen MR) is 229 cm³/mol. The molecule has 9 nitrogen and oxygen atoms in total. The Labute approximate surface area is 336 Å². The van der Waals surface area contributed by atoms with Crippen molar-refractivity contribution < 1.29 is 37.6 Å². The second kappa shape index (κ2) is 41.3. The largest absolute Gasteiger partial charge is 0.472 e. The summed E-state index contributed by atoms with van der Waals surface area (Å²) in [6.07, 6.45) is 48.2. The first-order valence-corrected chi connectivity index (χ1v) is 23.3. The molecular formula is C45H80NO8P. The van der Waals surface area contributed by atoms with Crippen LogP contribution in [0.2, 0.25) is 0 Å². The lowest BCUT2D eigenvalue weighted by molar-refractivity contribution is -0.161. The van der Waals surface area contributed by atoms with E-state index in [-0.39, 0.29) is 32.6 Å². The van der Waals surface area contributed by atoms with Gasteiger partial charge in [-0.05, 0) is 77.0 Å². The van der Waals surface area contributed by atoms with Crippen molar-refractivity contribution in [3.63, 3.8) is 0 Å². The summed E-state index contributed by atoms with van der Waals surface area (Å²) in [5.74, 6) is -0.864. The summed E-state index contributed by atoms with van der Waals surface area (Å²) in [6, 6.07) is 0. The third-order valence-electron chi connectivity index (χ3n) is 8.89. The molecule has 318 valence electrons. The van der Waals surface area contributed by atoms with Crippen molar-refractivity contribution in [2.24, 2.45) is 5.73 Å². The van der Waals surface area contributed by atoms with Crippen LogP contribution >= 0.6 is 7.82 Å². The number of rotatable bonds is 40. The standard InChI is InChI=1S/C45H80NO8P/c1-3-5-7-9-11-13-15-17-19-21-23-25-27-29-31-33-35-37-44(47)51-41-43(42-53-55(49,50)52-40-39-46)54-45(48)38-36-34-32-30-28-26-24-22-20-18-16-14-12-10-8-6-4-2/h5,7,11,13,17-20,23,25,43H,3-4,6,8-10,12,14-16,21-22,24,26-42,46H2,1-2H3,(H,49,50)/t43-/m1/s1. The van der Waals surface area contributed by atoms with Crippen LogP contribution < -0.4 is 5.73 Å². The number of ether oxygens (including phenoxy) is 2. The topological polar surface area (TPSA) is 134 Å². The fourth-order valence-corrected chi connectivity index (χ4v) is 6.44. The molecule has 0 heterocycles. The van der Waals surface area contributed by atoms with Gasteiger partial charge in [-0.15, -0.1) is 0 Å². The zero-order valence-corrected chi connectivity index (χ0v) is 35.8. The van der Waals surface area contributed by atoms with Gasteiger partial charge >= 0.3 is 19.8 Å². The fourth-order valence-electron chi connectivity index (χ4n) is 5.68. The van der Waals surface area contributed by atoms with Crippen LogP contribution in [0.15, 0.2) is 60.8 Å². The van der Waals surface area contributed by atoms with E-state index >= 15 is 0 Å². The first-order valence-electron chi connectivity index (χ1n) is 21.8. The average Bonchev–Trinajstić information content (AvgIpc) is 3.17. The minimum atomic E-state index is -4.39. The molecule has 1 unspecified atom stereocenters. The molecule has 0 aliphatic heterocycles. The van der Waals surface area contributed by atoms with Crippen LogP contribution in [-0.2, 0) is 32.7 Å². The molecule has 0 fully saturated rings. The van der Waals surface area contributed by atoms with Crippen LogP contribution in [0.3, 0.4) is 0 Å². The van der Waals surface area contributed by atoms with Crippen molar-refractivity contribution in [1.82, 2.24) is 0 Å². The molecule has 3 N–H and O–H groups in total. The van der Waals surface area contributed by atoms with E-state index in [1.165, 1.54) is 64.2 Å². The monoisotopic (exact) mass is 794 g/mol. The molecule has 0 amide bonds. The molecule has 0 aromatic carbocycles. The van der Waals surface area contributed by atoms with Crippen molar-refractivity contribution in [3.05, 3.63) is 60.8 Å². The van der Waals surface area contributed by atoms with Gasteiger partial charge in [0.05, 0.1) is 13.2 Å². The van der Waals surface area contributed by atoms with E-state index in [9.17, 15) is 19.0 Å². The molecular weight excluding hydrogens is 713 g/mol. The zero-order valence-electron chi connectivity index (χ0n) is 34.9. The molecule has 0 saturated heterocycles. The molecule has 0 spiro atoms. The van der Waals surface area contributed by atoms with Gasteiger partial charge in [-0.2, -0.15) is 0 Å². The Kier molecular flexibility index (Phi) is 39.6. The molecule has 0 aliphatic carbocycles. The summed E-state index contributed by atoms with van der Waals surface area (Å²) in [6.45, 7) is 3.58. The molecule has 0 radical (unpaired) electrons. The number of carbonyl (C=O) groups excluding carboxylic acids is 2. The lowest BCUT2D eigenvalue weighted by Gasteiger charge is -2.19. The van der Waals surface area contributed by atoms with Gasteiger partial charge in [0, 0.05) is 19.4 Å². The maximum absolute atomic E-state index is 12.6. The molecule has 0 aromatic rings. The lowest BCUT2D eigenvalue weighted by atomic mass is 10.1. The first kappa shape index (κ1) is 52.7. The Morgan fingerprint density at radius 2 is 1.00 bits per heavy atom. The maximum Gasteiger partial charge on any atom is 0.472 e. The molecule has 0 saturated carbocycles. The summed E-state index contributed by atoms with van der Waals surface area (Å²) in [5.41, 5.74) is 5.35. The van der Waals surface area contributed by atoms with E-state index in [2.05, 4.69) is 74.6 Å². The Bertz CT molecular complexity index is 1090. The lowest BCUT2D eigenvalue weighted by Crippen LogP contribution is -2.29. The smallest absolute Gasteiger partial charge is 0.462 e.